The smallest absolute Gasteiger partial charge is 0.287 e. The molecule has 2 amide bonds. The van der Waals surface area contributed by atoms with E-state index in [4.69, 9.17) is 0 Å². The fourth-order valence-electron chi connectivity index (χ4n) is 2.61. The van der Waals surface area contributed by atoms with Gasteiger partial charge in [-0.25, -0.2) is 48.7 Å². The van der Waals surface area contributed by atoms with Crippen LogP contribution in [0.5, 0.6) is 0 Å². The van der Waals surface area contributed by atoms with E-state index >= 15 is 0 Å². The summed E-state index contributed by atoms with van der Waals surface area (Å²) in [7, 11) is 0. The lowest BCUT2D eigenvalue weighted by Gasteiger charge is -2.21. The molecule has 0 aliphatic carbocycles. The van der Waals surface area contributed by atoms with Gasteiger partial charge in [-0.2, -0.15) is 0 Å². The van der Waals surface area contributed by atoms with Crippen molar-refractivity contribution >= 4 is 17.4 Å². The normalized spacial score (nSPS) is 14.4. The van der Waals surface area contributed by atoms with Crippen molar-refractivity contribution in [1.82, 2.24) is 0 Å². The molecule has 1 heterocycles. The molecule has 0 bridgehead atoms. The number of hydrogen-bond acceptors (Lipinski definition) is 1. The van der Waals surface area contributed by atoms with Crippen LogP contribution in [0.25, 0.3) is 0 Å². The molecule has 2 aromatic carbocycles. The zero-order valence-corrected chi connectivity index (χ0v) is 13.0. The zero-order chi connectivity index (χ0) is 21.1. The maximum Gasteiger partial charge on any atom is 0.329 e. The number of carbonyl (C=O) groups excluding carboxylic acids is 1. The van der Waals surface area contributed by atoms with Crippen LogP contribution < -0.4 is 9.80 Å². The van der Waals surface area contributed by atoms with Crippen LogP contribution in [0.1, 0.15) is 0 Å². The number of nitrogens with zero attached hydrogens (tertiary/aromatic N) is 2. The minimum Gasteiger partial charge on any atom is -0.287 e. The molecule has 0 N–H and O–H groups in total. The number of amides is 2. The van der Waals surface area contributed by atoms with E-state index in [2.05, 4.69) is 0 Å². The first-order valence-corrected chi connectivity index (χ1v) is 7.12. The largest absolute Gasteiger partial charge is 0.329 e. The standard InChI is InChI=1S/C15H4F10N2O/c16-3-5(18)9(22)13(10(23)6(3)19)26-1-2-27(15(26)28)14-11(24)7(20)4(17)8(21)12(14)25/h1-2H2. The van der Waals surface area contributed by atoms with Gasteiger partial charge >= 0.3 is 6.03 Å². The highest BCUT2D eigenvalue weighted by Crippen LogP contribution is 2.36. The first-order chi connectivity index (χ1) is 13.0. The van der Waals surface area contributed by atoms with Crippen LogP contribution in [0.4, 0.5) is 60.1 Å². The lowest BCUT2D eigenvalue weighted by Crippen LogP contribution is -2.35. The molecule has 13 heteroatoms. The van der Waals surface area contributed by atoms with Crippen LogP contribution >= 0.6 is 0 Å². The molecule has 150 valence electrons. The molecular formula is C15H4F10N2O. The van der Waals surface area contributed by atoms with Gasteiger partial charge in [0.05, 0.1) is 0 Å². The Morgan fingerprint density at radius 2 is 0.643 bits per heavy atom. The Hall–Kier alpha value is -2.99. The van der Waals surface area contributed by atoms with E-state index in [0.29, 0.717) is 0 Å². The SMILES string of the molecule is O=C1N(c2c(F)c(F)c(F)c(F)c2F)CCN1c1c(F)c(F)c(F)c(F)c1F. The Morgan fingerprint density at radius 1 is 0.429 bits per heavy atom. The molecule has 1 saturated heterocycles. The van der Waals surface area contributed by atoms with Crippen LogP contribution in [-0.4, -0.2) is 19.1 Å². The molecule has 0 atom stereocenters. The second-order valence-electron chi connectivity index (χ2n) is 5.42. The Labute approximate surface area is 148 Å². The third-order valence-electron chi connectivity index (χ3n) is 3.92. The predicted molar refractivity (Wildman–Crippen MR) is 72.6 cm³/mol. The van der Waals surface area contributed by atoms with E-state index in [1.54, 1.807) is 0 Å². The number of benzene rings is 2. The first-order valence-electron chi connectivity index (χ1n) is 7.12. The van der Waals surface area contributed by atoms with E-state index in [-0.39, 0.29) is 9.80 Å². The second kappa shape index (κ2) is 6.56. The van der Waals surface area contributed by atoms with Crippen LogP contribution in [0.3, 0.4) is 0 Å². The van der Waals surface area contributed by atoms with Gasteiger partial charge in [-0.3, -0.25) is 9.80 Å². The van der Waals surface area contributed by atoms with E-state index in [1.807, 2.05) is 0 Å². The minimum absolute atomic E-state index is 0.0751. The molecule has 0 aromatic heterocycles. The van der Waals surface area contributed by atoms with Gasteiger partial charge in [-0.15, -0.1) is 0 Å². The number of urea groups is 1. The number of carbonyl (C=O) groups is 1. The molecule has 1 fully saturated rings. The molecule has 0 unspecified atom stereocenters. The van der Waals surface area contributed by atoms with Crippen LogP contribution in [0.15, 0.2) is 0 Å². The molecule has 0 saturated carbocycles. The number of halogens is 10. The molecule has 1 aliphatic rings. The number of hydrogen-bond donors (Lipinski definition) is 0. The molecule has 28 heavy (non-hydrogen) atoms. The summed E-state index contributed by atoms with van der Waals surface area (Å²) < 4.78 is 135. The predicted octanol–water partition coefficient (Wildman–Crippen LogP) is 4.52. The van der Waals surface area contributed by atoms with Crippen molar-refractivity contribution in [3.8, 4) is 0 Å². The number of rotatable bonds is 2. The van der Waals surface area contributed by atoms with Crippen molar-refractivity contribution in [3.05, 3.63) is 58.2 Å². The third kappa shape index (κ3) is 2.56. The summed E-state index contributed by atoms with van der Waals surface area (Å²) in [6, 6.07) is -1.77. The van der Waals surface area contributed by atoms with Crippen LogP contribution in [-0.2, 0) is 0 Å². The molecule has 1 aliphatic heterocycles. The van der Waals surface area contributed by atoms with E-state index in [9.17, 15) is 48.7 Å². The molecule has 3 rings (SSSR count). The summed E-state index contributed by atoms with van der Waals surface area (Å²) in [5, 5.41) is 0. The van der Waals surface area contributed by atoms with Gasteiger partial charge in [0.25, 0.3) is 0 Å². The fourth-order valence-corrected chi connectivity index (χ4v) is 2.61. The molecule has 0 spiro atoms. The van der Waals surface area contributed by atoms with E-state index in [0.717, 1.165) is 0 Å². The summed E-state index contributed by atoms with van der Waals surface area (Å²) in [5.41, 5.74) is -3.46. The monoisotopic (exact) mass is 418 g/mol. The lowest BCUT2D eigenvalue weighted by molar-refractivity contribution is 0.254. The number of anilines is 2. The van der Waals surface area contributed by atoms with E-state index in [1.165, 1.54) is 0 Å². The average molecular weight is 418 g/mol. The fraction of sp³-hybridized carbons (Fsp3) is 0.133. The summed E-state index contributed by atoms with van der Waals surface area (Å²) in [6.07, 6.45) is 0. The van der Waals surface area contributed by atoms with Crippen LogP contribution in [0.2, 0.25) is 0 Å². The second-order valence-corrected chi connectivity index (χ2v) is 5.42. The Bertz CT molecular complexity index is 887. The van der Waals surface area contributed by atoms with Gasteiger partial charge in [0.15, 0.2) is 46.5 Å². The van der Waals surface area contributed by atoms with Gasteiger partial charge in [0.1, 0.15) is 11.4 Å². The third-order valence-corrected chi connectivity index (χ3v) is 3.92. The molecule has 2 aromatic rings. The van der Waals surface area contributed by atoms with Crippen molar-refractivity contribution in [3.63, 3.8) is 0 Å². The Kier molecular flexibility index (Phi) is 4.63. The summed E-state index contributed by atoms with van der Waals surface area (Å²) >= 11 is 0. The van der Waals surface area contributed by atoms with Gasteiger partial charge < -0.3 is 0 Å². The van der Waals surface area contributed by atoms with Crippen molar-refractivity contribution in [2.45, 2.75) is 0 Å². The Morgan fingerprint density at radius 3 is 0.893 bits per heavy atom. The average Bonchev–Trinajstić information content (AvgIpc) is 3.03. The van der Waals surface area contributed by atoms with Crippen molar-refractivity contribution in [2.75, 3.05) is 22.9 Å². The zero-order valence-electron chi connectivity index (χ0n) is 13.0. The first kappa shape index (κ1) is 19.8. The summed E-state index contributed by atoms with van der Waals surface area (Å²) in [4.78, 5) is 12.1. The highest BCUT2D eigenvalue weighted by Gasteiger charge is 2.41. The topological polar surface area (TPSA) is 23.6 Å². The maximum absolute atomic E-state index is 13.8. The quantitative estimate of drug-likeness (QED) is 0.400. The molecular weight excluding hydrogens is 414 g/mol. The summed E-state index contributed by atoms with van der Waals surface area (Å²) in [6.45, 7) is -1.76. The molecule has 0 radical (unpaired) electrons. The van der Waals surface area contributed by atoms with Crippen molar-refractivity contribution in [1.29, 1.82) is 0 Å². The van der Waals surface area contributed by atoms with Gasteiger partial charge in [-0.05, 0) is 0 Å². The summed E-state index contributed by atoms with van der Waals surface area (Å²) in [5.74, 6) is -24.2. The minimum atomic E-state index is -2.51. The van der Waals surface area contributed by atoms with Crippen molar-refractivity contribution in [2.24, 2.45) is 0 Å². The maximum atomic E-state index is 13.8. The lowest BCUT2D eigenvalue weighted by atomic mass is 10.2. The van der Waals surface area contributed by atoms with Crippen LogP contribution in [0, 0.1) is 58.2 Å². The van der Waals surface area contributed by atoms with Gasteiger partial charge in [0, 0.05) is 13.1 Å². The van der Waals surface area contributed by atoms with Gasteiger partial charge in [0.2, 0.25) is 11.6 Å². The highest BCUT2D eigenvalue weighted by atomic mass is 19.2. The highest BCUT2D eigenvalue weighted by molar-refractivity contribution is 6.06. The molecule has 3 nitrogen and oxygen atoms in total. The van der Waals surface area contributed by atoms with Crippen molar-refractivity contribution < 1.29 is 48.7 Å². The van der Waals surface area contributed by atoms with Gasteiger partial charge in [-0.1, -0.05) is 0 Å². The van der Waals surface area contributed by atoms with E-state index < -0.39 is 88.7 Å². The Balaban J connectivity index is 2.13.